The van der Waals surface area contributed by atoms with E-state index in [0.717, 1.165) is 6.54 Å². The van der Waals surface area contributed by atoms with Crippen LogP contribution < -0.4 is 5.32 Å². The zero-order valence-corrected chi connectivity index (χ0v) is 12.2. The van der Waals surface area contributed by atoms with Gasteiger partial charge in [-0.2, -0.15) is 0 Å². The van der Waals surface area contributed by atoms with Crippen LogP contribution in [0.15, 0.2) is 0 Å². The van der Waals surface area contributed by atoms with Crippen molar-refractivity contribution in [1.29, 1.82) is 0 Å². The molecule has 19 heavy (non-hydrogen) atoms. The average molecular weight is 270 g/mol. The van der Waals surface area contributed by atoms with Crippen LogP contribution in [0.3, 0.4) is 0 Å². The van der Waals surface area contributed by atoms with Crippen molar-refractivity contribution in [2.45, 2.75) is 52.0 Å². The molecule has 110 valence electrons. The van der Waals surface area contributed by atoms with Gasteiger partial charge in [0.1, 0.15) is 6.04 Å². The Morgan fingerprint density at radius 3 is 2.32 bits per heavy atom. The van der Waals surface area contributed by atoms with E-state index < -0.39 is 12.0 Å². The molecule has 0 unspecified atom stereocenters. The summed E-state index contributed by atoms with van der Waals surface area (Å²) in [4.78, 5) is 24.7. The van der Waals surface area contributed by atoms with Crippen LogP contribution in [0.2, 0.25) is 0 Å². The number of rotatable bonds is 5. The van der Waals surface area contributed by atoms with Gasteiger partial charge in [-0.1, -0.05) is 33.1 Å². The number of carbonyl (C=O) groups is 2. The minimum absolute atomic E-state index is 0.121. The number of aliphatic carboxylic acids is 1. The van der Waals surface area contributed by atoms with Gasteiger partial charge in [0.2, 0.25) is 0 Å². The summed E-state index contributed by atoms with van der Waals surface area (Å²) < 4.78 is 0. The smallest absolute Gasteiger partial charge is 0.326 e. The Labute approximate surface area is 115 Å². The number of nitrogens with zero attached hydrogens (tertiary/aromatic N) is 1. The molecule has 1 atom stereocenters. The second kappa shape index (κ2) is 7.36. The minimum atomic E-state index is -0.977. The average Bonchev–Trinajstić information content (AvgIpc) is 2.35. The molecule has 0 aromatic rings. The van der Waals surface area contributed by atoms with E-state index in [1.165, 1.54) is 32.1 Å². The Morgan fingerprint density at radius 2 is 1.84 bits per heavy atom. The first kappa shape index (κ1) is 15.8. The number of amides is 2. The summed E-state index contributed by atoms with van der Waals surface area (Å²) >= 11 is 0. The number of hydrogen-bond acceptors (Lipinski definition) is 2. The summed E-state index contributed by atoms with van der Waals surface area (Å²) in [5, 5.41) is 11.7. The van der Waals surface area contributed by atoms with Gasteiger partial charge in [0.25, 0.3) is 0 Å². The van der Waals surface area contributed by atoms with Gasteiger partial charge in [-0.25, -0.2) is 9.59 Å². The third-order valence-electron chi connectivity index (χ3n) is 3.82. The van der Waals surface area contributed by atoms with E-state index in [-0.39, 0.29) is 11.9 Å². The Morgan fingerprint density at radius 1 is 1.26 bits per heavy atom. The molecule has 1 rings (SSSR count). The standard InChI is InChI=1S/C14H26N2O3/c1-10(2)12(13(17)18)15-14(19)16(3)9-11-7-5-4-6-8-11/h10-12H,4-9H2,1-3H3,(H,15,19)(H,17,18)/t12-/m0/s1. The topological polar surface area (TPSA) is 69.6 Å². The fraction of sp³-hybridized carbons (Fsp3) is 0.857. The number of hydrogen-bond donors (Lipinski definition) is 2. The Balaban J connectivity index is 2.44. The van der Waals surface area contributed by atoms with Crippen molar-refractivity contribution in [3.05, 3.63) is 0 Å². The molecule has 0 aliphatic heterocycles. The van der Waals surface area contributed by atoms with Crippen molar-refractivity contribution in [3.8, 4) is 0 Å². The molecular formula is C14H26N2O3. The monoisotopic (exact) mass is 270 g/mol. The molecule has 0 heterocycles. The summed E-state index contributed by atoms with van der Waals surface area (Å²) in [5.74, 6) is -0.536. The molecule has 0 radical (unpaired) electrons. The van der Waals surface area contributed by atoms with E-state index in [2.05, 4.69) is 5.32 Å². The van der Waals surface area contributed by atoms with E-state index in [1.807, 2.05) is 0 Å². The van der Waals surface area contributed by atoms with E-state index in [4.69, 9.17) is 5.11 Å². The van der Waals surface area contributed by atoms with E-state index in [0.29, 0.717) is 5.92 Å². The molecule has 0 aromatic carbocycles. The maximum absolute atomic E-state index is 12.0. The SMILES string of the molecule is CC(C)[C@H](NC(=O)N(C)CC1CCCCC1)C(=O)O. The number of carboxylic acids is 1. The Bertz CT molecular complexity index is 312. The summed E-state index contributed by atoms with van der Waals surface area (Å²) in [5.41, 5.74) is 0. The molecule has 1 aliphatic carbocycles. The molecule has 1 saturated carbocycles. The highest BCUT2D eigenvalue weighted by Gasteiger charge is 2.25. The lowest BCUT2D eigenvalue weighted by molar-refractivity contribution is -0.140. The zero-order valence-electron chi connectivity index (χ0n) is 12.2. The van der Waals surface area contributed by atoms with Crippen LogP contribution in [0.5, 0.6) is 0 Å². The lowest BCUT2D eigenvalue weighted by atomic mass is 9.89. The van der Waals surface area contributed by atoms with Gasteiger partial charge in [0.05, 0.1) is 0 Å². The van der Waals surface area contributed by atoms with Crippen molar-refractivity contribution < 1.29 is 14.7 Å². The van der Waals surface area contributed by atoms with Crippen LogP contribution in [0.1, 0.15) is 46.0 Å². The van der Waals surface area contributed by atoms with Crippen LogP contribution in [0, 0.1) is 11.8 Å². The van der Waals surface area contributed by atoms with Crippen molar-refractivity contribution in [3.63, 3.8) is 0 Å². The highest BCUT2D eigenvalue weighted by molar-refractivity contribution is 5.82. The zero-order chi connectivity index (χ0) is 14.4. The van der Waals surface area contributed by atoms with Gasteiger partial charge < -0.3 is 15.3 Å². The Kier molecular flexibility index (Phi) is 6.12. The highest BCUT2D eigenvalue weighted by atomic mass is 16.4. The Hall–Kier alpha value is -1.26. The van der Waals surface area contributed by atoms with Crippen molar-refractivity contribution in [2.75, 3.05) is 13.6 Å². The third-order valence-corrected chi connectivity index (χ3v) is 3.82. The van der Waals surface area contributed by atoms with Crippen molar-refractivity contribution in [1.82, 2.24) is 10.2 Å². The fourth-order valence-corrected chi connectivity index (χ4v) is 2.60. The molecule has 0 saturated heterocycles. The first-order valence-corrected chi connectivity index (χ1v) is 7.16. The molecule has 0 bridgehead atoms. The van der Waals surface area contributed by atoms with Gasteiger partial charge >= 0.3 is 12.0 Å². The summed E-state index contributed by atoms with van der Waals surface area (Å²) in [6.07, 6.45) is 6.11. The summed E-state index contributed by atoms with van der Waals surface area (Å²) in [6, 6.07) is -1.10. The second-order valence-corrected chi connectivity index (χ2v) is 5.89. The van der Waals surface area contributed by atoms with Crippen LogP contribution >= 0.6 is 0 Å². The molecule has 1 aliphatic rings. The molecule has 5 heteroatoms. The predicted octanol–water partition coefficient (Wildman–Crippen LogP) is 2.32. The normalized spacial score (nSPS) is 18.1. The van der Waals surface area contributed by atoms with Crippen LogP contribution in [-0.2, 0) is 4.79 Å². The highest BCUT2D eigenvalue weighted by Crippen LogP contribution is 2.24. The molecule has 5 nitrogen and oxygen atoms in total. The maximum atomic E-state index is 12.0. The largest absolute Gasteiger partial charge is 0.480 e. The van der Waals surface area contributed by atoms with Crippen LogP contribution in [0.25, 0.3) is 0 Å². The molecule has 0 spiro atoms. The van der Waals surface area contributed by atoms with Gasteiger partial charge in [-0.05, 0) is 24.7 Å². The lowest BCUT2D eigenvalue weighted by Crippen LogP contribution is -2.50. The quantitative estimate of drug-likeness (QED) is 0.805. The van der Waals surface area contributed by atoms with Crippen molar-refractivity contribution >= 4 is 12.0 Å². The van der Waals surface area contributed by atoms with Gasteiger partial charge in [-0.3, -0.25) is 0 Å². The number of carbonyl (C=O) groups excluding carboxylic acids is 1. The van der Waals surface area contributed by atoms with E-state index in [1.54, 1.807) is 25.8 Å². The van der Waals surface area contributed by atoms with Gasteiger partial charge in [0, 0.05) is 13.6 Å². The summed E-state index contributed by atoms with van der Waals surface area (Å²) in [7, 11) is 1.74. The van der Waals surface area contributed by atoms with Crippen molar-refractivity contribution in [2.24, 2.45) is 11.8 Å². The molecule has 0 aromatic heterocycles. The van der Waals surface area contributed by atoms with Crippen LogP contribution in [-0.4, -0.2) is 41.6 Å². The third kappa shape index (κ3) is 5.09. The number of urea groups is 1. The van der Waals surface area contributed by atoms with E-state index >= 15 is 0 Å². The first-order chi connectivity index (χ1) is 8.91. The molecular weight excluding hydrogens is 244 g/mol. The van der Waals surface area contributed by atoms with Gasteiger partial charge in [0.15, 0.2) is 0 Å². The number of nitrogens with one attached hydrogen (secondary N) is 1. The second-order valence-electron chi connectivity index (χ2n) is 5.89. The first-order valence-electron chi connectivity index (χ1n) is 7.16. The van der Waals surface area contributed by atoms with E-state index in [9.17, 15) is 9.59 Å². The maximum Gasteiger partial charge on any atom is 0.326 e. The van der Waals surface area contributed by atoms with Crippen LogP contribution in [0.4, 0.5) is 4.79 Å². The number of carboxylic acid groups (broad SMARTS) is 1. The predicted molar refractivity (Wildman–Crippen MR) is 74.0 cm³/mol. The summed E-state index contributed by atoms with van der Waals surface area (Å²) in [6.45, 7) is 4.30. The minimum Gasteiger partial charge on any atom is -0.480 e. The molecule has 1 fully saturated rings. The fourth-order valence-electron chi connectivity index (χ4n) is 2.60. The molecule has 2 N–H and O–H groups in total. The lowest BCUT2D eigenvalue weighted by Gasteiger charge is -2.28. The molecule has 2 amide bonds. The van der Waals surface area contributed by atoms with Gasteiger partial charge in [-0.15, -0.1) is 0 Å².